The molecule has 114 valence electrons. The molecule has 0 spiro atoms. The molecular weight excluding hydrogens is 280 g/mol. The molecule has 0 saturated heterocycles. The number of hydrogen-bond donors (Lipinski definition) is 3. The van der Waals surface area contributed by atoms with E-state index in [1.165, 1.54) is 7.11 Å². The van der Waals surface area contributed by atoms with E-state index in [-0.39, 0.29) is 17.5 Å². The Kier molecular flexibility index (Phi) is 6.25. The highest BCUT2D eigenvalue weighted by Gasteiger charge is 2.11. The van der Waals surface area contributed by atoms with Gasteiger partial charge in [0, 0.05) is 19.1 Å². The molecule has 3 N–H and O–H groups in total. The van der Waals surface area contributed by atoms with Crippen LogP contribution in [0, 0.1) is 0 Å². The van der Waals surface area contributed by atoms with Crippen molar-refractivity contribution in [2.24, 2.45) is 0 Å². The fourth-order valence-electron chi connectivity index (χ4n) is 1.78. The Morgan fingerprint density at radius 2 is 2.10 bits per heavy atom. The first-order valence-corrected chi connectivity index (χ1v) is 8.12. The molecule has 1 aromatic rings. The van der Waals surface area contributed by atoms with Gasteiger partial charge in [-0.25, -0.2) is 13.1 Å². The SMILES string of the molecule is CCNS(=O)(=O)CCNC(C)c1ccc(O)c(OC)c1. The van der Waals surface area contributed by atoms with Crippen molar-refractivity contribution >= 4 is 10.0 Å². The number of sulfonamides is 1. The van der Waals surface area contributed by atoms with Gasteiger partial charge in [-0.15, -0.1) is 0 Å². The summed E-state index contributed by atoms with van der Waals surface area (Å²) in [6.45, 7) is 4.41. The topological polar surface area (TPSA) is 87.7 Å². The summed E-state index contributed by atoms with van der Waals surface area (Å²) < 4.78 is 30.5. The lowest BCUT2D eigenvalue weighted by atomic mass is 10.1. The van der Waals surface area contributed by atoms with Gasteiger partial charge in [0.15, 0.2) is 11.5 Å². The minimum atomic E-state index is -3.21. The summed E-state index contributed by atoms with van der Waals surface area (Å²) >= 11 is 0. The van der Waals surface area contributed by atoms with Crippen LogP contribution in [0.2, 0.25) is 0 Å². The third-order valence-electron chi connectivity index (χ3n) is 2.89. The summed E-state index contributed by atoms with van der Waals surface area (Å²) in [7, 11) is -1.72. The Morgan fingerprint density at radius 3 is 2.70 bits per heavy atom. The standard InChI is InChI=1S/C13H22N2O4S/c1-4-15-20(17,18)8-7-14-10(2)11-5-6-12(16)13(9-11)19-3/h5-6,9-10,14-16H,4,7-8H2,1-3H3. The molecule has 0 aliphatic carbocycles. The zero-order chi connectivity index (χ0) is 15.2. The highest BCUT2D eigenvalue weighted by atomic mass is 32.2. The van der Waals surface area contributed by atoms with E-state index in [4.69, 9.17) is 4.74 Å². The Labute approximate surface area is 120 Å². The maximum atomic E-state index is 11.5. The third kappa shape index (κ3) is 4.99. The average Bonchev–Trinajstić information content (AvgIpc) is 2.38. The van der Waals surface area contributed by atoms with E-state index in [1.54, 1.807) is 25.1 Å². The monoisotopic (exact) mass is 302 g/mol. The average molecular weight is 302 g/mol. The first kappa shape index (κ1) is 16.7. The summed E-state index contributed by atoms with van der Waals surface area (Å²) in [6.07, 6.45) is 0. The van der Waals surface area contributed by atoms with Crippen LogP contribution >= 0.6 is 0 Å². The molecule has 0 amide bonds. The second-order valence-electron chi connectivity index (χ2n) is 4.42. The molecule has 0 radical (unpaired) electrons. The molecule has 0 fully saturated rings. The second kappa shape index (κ2) is 7.47. The van der Waals surface area contributed by atoms with Gasteiger partial charge in [-0.1, -0.05) is 13.0 Å². The van der Waals surface area contributed by atoms with E-state index in [1.807, 2.05) is 6.92 Å². The smallest absolute Gasteiger partial charge is 0.212 e. The van der Waals surface area contributed by atoms with Gasteiger partial charge in [0.25, 0.3) is 0 Å². The van der Waals surface area contributed by atoms with Crippen molar-refractivity contribution in [1.82, 2.24) is 10.0 Å². The molecule has 0 aliphatic rings. The van der Waals surface area contributed by atoms with Gasteiger partial charge in [0.2, 0.25) is 10.0 Å². The fraction of sp³-hybridized carbons (Fsp3) is 0.538. The van der Waals surface area contributed by atoms with E-state index in [0.29, 0.717) is 18.8 Å². The van der Waals surface area contributed by atoms with E-state index in [9.17, 15) is 13.5 Å². The van der Waals surface area contributed by atoms with Crippen molar-refractivity contribution in [1.29, 1.82) is 0 Å². The molecule has 20 heavy (non-hydrogen) atoms. The van der Waals surface area contributed by atoms with Crippen molar-refractivity contribution in [2.45, 2.75) is 19.9 Å². The molecule has 0 saturated carbocycles. The quantitative estimate of drug-likeness (QED) is 0.666. The summed E-state index contributed by atoms with van der Waals surface area (Å²) in [6, 6.07) is 5.02. The molecule has 1 rings (SSSR count). The summed E-state index contributed by atoms with van der Waals surface area (Å²) in [4.78, 5) is 0. The van der Waals surface area contributed by atoms with E-state index in [0.717, 1.165) is 5.56 Å². The van der Waals surface area contributed by atoms with Crippen molar-refractivity contribution in [3.8, 4) is 11.5 Å². The molecule has 7 heteroatoms. The van der Waals surface area contributed by atoms with Gasteiger partial charge in [-0.3, -0.25) is 0 Å². The predicted octanol–water partition coefficient (Wildman–Crippen LogP) is 0.991. The van der Waals surface area contributed by atoms with Crippen LogP contribution in [0.5, 0.6) is 11.5 Å². The van der Waals surface area contributed by atoms with E-state index in [2.05, 4.69) is 10.0 Å². The zero-order valence-electron chi connectivity index (χ0n) is 12.0. The summed E-state index contributed by atoms with van der Waals surface area (Å²) in [5, 5.41) is 12.7. The molecule has 6 nitrogen and oxygen atoms in total. The maximum absolute atomic E-state index is 11.5. The number of methoxy groups -OCH3 is 1. The van der Waals surface area contributed by atoms with Crippen LogP contribution in [-0.4, -0.2) is 39.5 Å². The number of rotatable bonds is 8. The maximum Gasteiger partial charge on any atom is 0.212 e. The largest absolute Gasteiger partial charge is 0.504 e. The Balaban J connectivity index is 2.57. The van der Waals surface area contributed by atoms with Gasteiger partial charge >= 0.3 is 0 Å². The number of nitrogens with one attached hydrogen (secondary N) is 2. The van der Waals surface area contributed by atoms with Crippen LogP contribution in [0.25, 0.3) is 0 Å². The number of phenolic OH excluding ortho intramolecular Hbond substituents is 1. The molecule has 0 aliphatic heterocycles. The number of hydrogen-bond acceptors (Lipinski definition) is 5. The second-order valence-corrected chi connectivity index (χ2v) is 6.35. The Morgan fingerprint density at radius 1 is 1.40 bits per heavy atom. The van der Waals surface area contributed by atoms with E-state index >= 15 is 0 Å². The van der Waals surface area contributed by atoms with E-state index < -0.39 is 10.0 Å². The molecule has 0 bridgehead atoms. The van der Waals surface area contributed by atoms with Crippen LogP contribution in [0.1, 0.15) is 25.5 Å². The van der Waals surface area contributed by atoms with Crippen LogP contribution in [0.4, 0.5) is 0 Å². The number of ether oxygens (including phenoxy) is 1. The first-order chi connectivity index (χ1) is 9.39. The van der Waals surface area contributed by atoms with Gasteiger partial charge < -0.3 is 15.2 Å². The molecule has 1 aromatic carbocycles. The fourth-order valence-corrected chi connectivity index (χ4v) is 2.75. The minimum absolute atomic E-state index is 0.0282. The lowest BCUT2D eigenvalue weighted by molar-refractivity contribution is 0.372. The van der Waals surface area contributed by atoms with Crippen LogP contribution < -0.4 is 14.8 Å². The van der Waals surface area contributed by atoms with Gasteiger partial charge in [-0.05, 0) is 24.6 Å². The van der Waals surface area contributed by atoms with Crippen molar-refractivity contribution in [3.63, 3.8) is 0 Å². The van der Waals surface area contributed by atoms with Crippen molar-refractivity contribution in [3.05, 3.63) is 23.8 Å². The van der Waals surface area contributed by atoms with Gasteiger partial charge in [0.05, 0.1) is 12.9 Å². The Hall–Kier alpha value is -1.31. The highest BCUT2D eigenvalue weighted by Crippen LogP contribution is 2.28. The van der Waals surface area contributed by atoms with Crippen LogP contribution in [-0.2, 0) is 10.0 Å². The first-order valence-electron chi connectivity index (χ1n) is 6.47. The highest BCUT2D eigenvalue weighted by molar-refractivity contribution is 7.89. The molecular formula is C13H22N2O4S. The molecule has 0 aromatic heterocycles. The Bertz CT molecular complexity index is 531. The number of aromatic hydroxyl groups is 1. The van der Waals surface area contributed by atoms with Gasteiger partial charge in [-0.2, -0.15) is 0 Å². The summed E-state index contributed by atoms with van der Waals surface area (Å²) in [5.41, 5.74) is 0.917. The van der Waals surface area contributed by atoms with Crippen LogP contribution in [0.15, 0.2) is 18.2 Å². The lowest BCUT2D eigenvalue weighted by Crippen LogP contribution is -2.32. The van der Waals surface area contributed by atoms with Gasteiger partial charge in [0.1, 0.15) is 0 Å². The predicted molar refractivity (Wildman–Crippen MR) is 78.5 cm³/mol. The third-order valence-corrected chi connectivity index (χ3v) is 4.36. The normalized spacial score (nSPS) is 13.2. The lowest BCUT2D eigenvalue weighted by Gasteiger charge is -2.15. The van der Waals surface area contributed by atoms with Crippen molar-refractivity contribution < 1.29 is 18.3 Å². The van der Waals surface area contributed by atoms with Crippen molar-refractivity contribution in [2.75, 3.05) is 26.0 Å². The number of benzene rings is 1. The van der Waals surface area contributed by atoms with Crippen LogP contribution in [0.3, 0.4) is 0 Å². The number of phenols is 1. The zero-order valence-corrected chi connectivity index (χ0v) is 12.8. The molecule has 0 heterocycles. The minimum Gasteiger partial charge on any atom is -0.504 e. The summed E-state index contributed by atoms with van der Waals surface area (Å²) in [5.74, 6) is 0.509. The molecule has 1 atom stereocenters. The molecule has 1 unspecified atom stereocenters.